The number of hydrogen-bond acceptors (Lipinski definition) is 5. The zero-order valence-corrected chi connectivity index (χ0v) is 15.2. The summed E-state index contributed by atoms with van der Waals surface area (Å²) in [4.78, 5) is 28.0. The fraction of sp³-hybridized carbons (Fsp3) is 0.0500. The molecule has 0 aliphatic rings. The molecule has 136 valence electrons. The number of halogens is 1. The van der Waals surface area contributed by atoms with E-state index in [0.717, 1.165) is 0 Å². The van der Waals surface area contributed by atoms with Crippen LogP contribution in [-0.2, 0) is 4.74 Å². The predicted octanol–water partition coefficient (Wildman–Crippen LogP) is 4.52. The molecule has 0 aliphatic carbocycles. The number of carbonyl (C=O) groups excluding carboxylic acids is 2. The Kier molecular flexibility index (Phi) is 5.68. The second-order valence-electron chi connectivity index (χ2n) is 5.56. The van der Waals surface area contributed by atoms with Crippen LogP contribution in [0.2, 0.25) is 5.02 Å². The first-order chi connectivity index (χ1) is 13.1. The van der Waals surface area contributed by atoms with E-state index in [1.54, 1.807) is 60.8 Å². The average molecular weight is 382 g/mol. The predicted molar refractivity (Wildman–Crippen MR) is 105 cm³/mol. The molecule has 0 spiro atoms. The van der Waals surface area contributed by atoms with Crippen LogP contribution in [-0.4, -0.2) is 24.0 Å². The number of ether oxygens (including phenoxy) is 1. The lowest BCUT2D eigenvalue weighted by Crippen LogP contribution is -2.12. The highest BCUT2D eigenvalue weighted by Gasteiger charge is 2.10. The lowest BCUT2D eigenvalue weighted by atomic mass is 10.2. The Morgan fingerprint density at radius 3 is 2.44 bits per heavy atom. The maximum absolute atomic E-state index is 12.1. The molecule has 0 fully saturated rings. The van der Waals surface area contributed by atoms with Crippen molar-refractivity contribution in [3.05, 3.63) is 83.0 Å². The highest BCUT2D eigenvalue weighted by molar-refractivity contribution is 6.33. The van der Waals surface area contributed by atoms with Crippen LogP contribution in [0.5, 0.6) is 0 Å². The highest BCUT2D eigenvalue weighted by Crippen LogP contribution is 2.27. The quantitative estimate of drug-likeness (QED) is 0.635. The van der Waals surface area contributed by atoms with Gasteiger partial charge in [0.15, 0.2) is 0 Å². The zero-order chi connectivity index (χ0) is 19.2. The Labute approximate surface area is 161 Å². The van der Waals surface area contributed by atoms with Crippen LogP contribution in [0.3, 0.4) is 0 Å². The summed E-state index contributed by atoms with van der Waals surface area (Å²) in [7, 11) is 1.32. The normalized spacial score (nSPS) is 10.1. The molecule has 0 atom stereocenters. The summed E-state index contributed by atoms with van der Waals surface area (Å²) in [5.74, 6) is -0.270. The summed E-state index contributed by atoms with van der Waals surface area (Å²) in [6.07, 6.45) is 1.56. The Bertz CT molecular complexity index is 960. The minimum absolute atomic E-state index is 0.238. The molecule has 27 heavy (non-hydrogen) atoms. The molecule has 0 saturated carbocycles. The molecule has 7 heteroatoms. The highest BCUT2D eigenvalue weighted by atomic mass is 35.5. The Balaban J connectivity index is 1.71. The number of amides is 1. The molecular formula is C20H16ClN3O3. The molecule has 0 saturated heterocycles. The number of nitrogens with zero attached hydrogens (tertiary/aromatic N) is 1. The molecule has 3 rings (SSSR count). The van der Waals surface area contributed by atoms with E-state index in [0.29, 0.717) is 33.3 Å². The molecule has 3 aromatic rings. The molecule has 1 amide bonds. The van der Waals surface area contributed by atoms with Crippen molar-refractivity contribution in [3.8, 4) is 0 Å². The van der Waals surface area contributed by atoms with Crippen molar-refractivity contribution >= 4 is 40.7 Å². The van der Waals surface area contributed by atoms with Crippen molar-refractivity contribution in [3.63, 3.8) is 0 Å². The SMILES string of the molecule is COC(=O)c1ccc(Cl)c(Nc2ccc(NC(=O)c3ccccc3)nc2)c1. The van der Waals surface area contributed by atoms with Gasteiger partial charge in [0.1, 0.15) is 5.82 Å². The number of carbonyl (C=O) groups is 2. The third kappa shape index (κ3) is 4.62. The molecule has 0 aliphatic heterocycles. The minimum atomic E-state index is -0.452. The van der Waals surface area contributed by atoms with Crippen molar-refractivity contribution < 1.29 is 14.3 Å². The largest absolute Gasteiger partial charge is 0.465 e. The Hall–Kier alpha value is -3.38. The van der Waals surface area contributed by atoms with Crippen molar-refractivity contribution in [2.24, 2.45) is 0 Å². The fourth-order valence-electron chi connectivity index (χ4n) is 2.34. The topological polar surface area (TPSA) is 80.3 Å². The molecule has 0 radical (unpaired) electrons. The van der Waals surface area contributed by atoms with Gasteiger partial charge in [-0.15, -0.1) is 0 Å². The van der Waals surface area contributed by atoms with Crippen LogP contribution >= 0.6 is 11.6 Å². The number of pyridine rings is 1. The van der Waals surface area contributed by atoms with Gasteiger partial charge < -0.3 is 15.4 Å². The lowest BCUT2D eigenvalue weighted by molar-refractivity contribution is 0.0600. The van der Waals surface area contributed by atoms with Crippen molar-refractivity contribution in [2.75, 3.05) is 17.7 Å². The van der Waals surface area contributed by atoms with Crippen molar-refractivity contribution in [2.45, 2.75) is 0 Å². The van der Waals surface area contributed by atoms with Gasteiger partial charge >= 0.3 is 5.97 Å². The second kappa shape index (κ2) is 8.33. The number of esters is 1. The van der Waals surface area contributed by atoms with Gasteiger partial charge in [-0.1, -0.05) is 29.8 Å². The number of methoxy groups -OCH3 is 1. The van der Waals surface area contributed by atoms with E-state index in [4.69, 9.17) is 16.3 Å². The summed E-state index contributed by atoms with van der Waals surface area (Å²) in [5.41, 5.74) is 2.12. The maximum atomic E-state index is 12.1. The fourth-order valence-corrected chi connectivity index (χ4v) is 2.51. The van der Waals surface area contributed by atoms with Crippen LogP contribution < -0.4 is 10.6 Å². The summed E-state index contributed by atoms with van der Waals surface area (Å²) in [6.45, 7) is 0. The number of rotatable bonds is 5. The number of hydrogen-bond donors (Lipinski definition) is 2. The summed E-state index contributed by atoms with van der Waals surface area (Å²) >= 11 is 6.17. The lowest BCUT2D eigenvalue weighted by Gasteiger charge is -2.10. The van der Waals surface area contributed by atoms with Crippen LogP contribution in [0.25, 0.3) is 0 Å². The second-order valence-corrected chi connectivity index (χ2v) is 5.97. The average Bonchev–Trinajstić information content (AvgIpc) is 2.71. The number of nitrogens with one attached hydrogen (secondary N) is 2. The minimum Gasteiger partial charge on any atom is -0.465 e. The molecule has 0 bridgehead atoms. The van der Waals surface area contributed by atoms with Gasteiger partial charge in [0.2, 0.25) is 0 Å². The summed E-state index contributed by atoms with van der Waals surface area (Å²) < 4.78 is 4.71. The monoisotopic (exact) mass is 381 g/mol. The van der Waals surface area contributed by atoms with Gasteiger partial charge in [-0.05, 0) is 42.5 Å². The van der Waals surface area contributed by atoms with Crippen LogP contribution in [0.15, 0.2) is 66.9 Å². The molecule has 2 aromatic carbocycles. The summed E-state index contributed by atoms with van der Waals surface area (Å²) in [5, 5.41) is 6.26. The van der Waals surface area contributed by atoms with Gasteiger partial charge in [-0.3, -0.25) is 4.79 Å². The van der Waals surface area contributed by atoms with Crippen LogP contribution in [0.4, 0.5) is 17.2 Å². The van der Waals surface area contributed by atoms with E-state index in [2.05, 4.69) is 15.6 Å². The van der Waals surface area contributed by atoms with Gasteiger partial charge in [0, 0.05) is 5.56 Å². The molecule has 0 unspecified atom stereocenters. The van der Waals surface area contributed by atoms with Gasteiger partial charge in [0.25, 0.3) is 5.91 Å². The zero-order valence-electron chi connectivity index (χ0n) is 14.4. The molecular weight excluding hydrogens is 366 g/mol. The summed E-state index contributed by atoms with van der Waals surface area (Å²) in [6, 6.07) is 17.1. The first kappa shape index (κ1) is 18.4. The smallest absolute Gasteiger partial charge is 0.337 e. The van der Waals surface area contributed by atoms with E-state index in [-0.39, 0.29) is 5.91 Å². The van der Waals surface area contributed by atoms with E-state index < -0.39 is 5.97 Å². The Morgan fingerprint density at radius 1 is 1.00 bits per heavy atom. The molecule has 1 heterocycles. The van der Waals surface area contributed by atoms with Crippen LogP contribution in [0.1, 0.15) is 20.7 Å². The van der Waals surface area contributed by atoms with Gasteiger partial charge in [-0.25, -0.2) is 9.78 Å². The van der Waals surface area contributed by atoms with E-state index in [9.17, 15) is 9.59 Å². The molecule has 2 N–H and O–H groups in total. The first-order valence-electron chi connectivity index (χ1n) is 8.04. The maximum Gasteiger partial charge on any atom is 0.337 e. The third-order valence-electron chi connectivity index (χ3n) is 3.71. The number of anilines is 3. The Morgan fingerprint density at radius 2 is 1.78 bits per heavy atom. The van der Waals surface area contributed by atoms with E-state index >= 15 is 0 Å². The van der Waals surface area contributed by atoms with Crippen molar-refractivity contribution in [1.29, 1.82) is 0 Å². The van der Waals surface area contributed by atoms with Crippen molar-refractivity contribution in [1.82, 2.24) is 4.98 Å². The third-order valence-corrected chi connectivity index (χ3v) is 4.04. The van der Waals surface area contributed by atoms with Crippen LogP contribution in [0, 0.1) is 0 Å². The standard InChI is InChI=1S/C20H16ClN3O3/c1-27-20(26)14-7-9-16(21)17(11-14)23-15-8-10-18(22-12-15)24-19(25)13-5-3-2-4-6-13/h2-12,23H,1H3,(H,22,24,25). The van der Waals surface area contributed by atoms with Gasteiger partial charge in [0.05, 0.1) is 35.3 Å². The van der Waals surface area contributed by atoms with E-state index in [1.165, 1.54) is 7.11 Å². The van der Waals surface area contributed by atoms with E-state index in [1.807, 2.05) is 6.07 Å². The molecule has 1 aromatic heterocycles. The number of aromatic nitrogens is 1. The number of benzene rings is 2. The first-order valence-corrected chi connectivity index (χ1v) is 8.42. The van der Waals surface area contributed by atoms with Gasteiger partial charge in [-0.2, -0.15) is 0 Å². The molecule has 6 nitrogen and oxygen atoms in total.